The Hall–Kier alpha value is -3.44. The van der Waals surface area contributed by atoms with Gasteiger partial charge in [-0.05, 0) is 48.7 Å². The van der Waals surface area contributed by atoms with Crippen molar-refractivity contribution in [3.05, 3.63) is 94.0 Å². The predicted octanol–water partition coefficient (Wildman–Crippen LogP) is 5.99. The number of alkyl halides is 4. The molecule has 0 spiro atoms. The van der Waals surface area contributed by atoms with E-state index in [1.807, 2.05) is 19.1 Å². The molecule has 1 saturated heterocycles. The van der Waals surface area contributed by atoms with E-state index in [1.54, 1.807) is 12.1 Å². The fraction of sp³-hybridized carbons (Fsp3) is 0.333. The van der Waals surface area contributed by atoms with Crippen LogP contribution in [0, 0.1) is 12.7 Å². The molecule has 0 unspecified atom stereocenters. The second-order valence-electron chi connectivity index (χ2n) is 9.23. The highest BCUT2D eigenvalue weighted by atomic mass is 35.5. The number of carbonyl (C=O) groups excluding carboxylic acids is 1. The third-order valence-electron chi connectivity index (χ3n) is 6.22. The van der Waals surface area contributed by atoms with Crippen LogP contribution in [0.3, 0.4) is 0 Å². The van der Waals surface area contributed by atoms with Gasteiger partial charge in [0.2, 0.25) is 0 Å². The van der Waals surface area contributed by atoms with E-state index in [0.717, 1.165) is 17.7 Å². The predicted molar refractivity (Wildman–Crippen MR) is 134 cm³/mol. The smallest absolute Gasteiger partial charge is 0.428 e. The molecule has 0 bridgehead atoms. The minimum Gasteiger partial charge on any atom is -0.428 e. The average Bonchev–Trinajstić information content (AvgIpc) is 3.37. The Bertz CT molecular complexity index is 1290. The summed E-state index contributed by atoms with van der Waals surface area (Å²) in [6, 6.07) is 11.8. The van der Waals surface area contributed by atoms with Crippen molar-refractivity contribution in [2.75, 3.05) is 13.2 Å². The lowest BCUT2D eigenvalue weighted by molar-refractivity contribution is -0.253. The van der Waals surface area contributed by atoms with Gasteiger partial charge in [0, 0.05) is 25.3 Å². The van der Waals surface area contributed by atoms with E-state index in [-0.39, 0.29) is 35.3 Å². The van der Waals surface area contributed by atoms with Gasteiger partial charge >= 0.3 is 18.6 Å². The van der Waals surface area contributed by atoms with E-state index >= 15 is 0 Å². The van der Waals surface area contributed by atoms with Crippen LogP contribution in [0.15, 0.2) is 60.8 Å². The number of pyridine rings is 1. The summed E-state index contributed by atoms with van der Waals surface area (Å²) in [6.07, 6.45) is -7.18. The normalized spacial score (nSPS) is 17.1. The number of halogens is 6. The Morgan fingerprint density at radius 2 is 1.92 bits per heavy atom. The Balaban J connectivity index is 1.87. The largest absolute Gasteiger partial charge is 0.461 e. The molecule has 1 aliphatic heterocycles. The van der Waals surface area contributed by atoms with E-state index in [4.69, 9.17) is 16.3 Å². The highest BCUT2D eigenvalue weighted by Gasteiger charge is 2.45. The van der Waals surface area contributed by atoms with Crippen molar-refractivity contribution in [3.63, 3.8) is 0 Å². The monoisotopic (exact) mass is 569 g/mol. The van der Waals surface area contributed by atoms with Gasteiger partial charge in [-0.2, -0.15) is 17.6 Å². The van der Waals surface area contributed by atoms with Crippen LogP contribution in [0.4, 0.5) is 26.7 Å². The van der Waals surface area contributed by atoms with Gasteiger partial charge in [-0.25, -0.2) is 9.18 Å². The van der Waals surface area contributed by atoms with Crippen molar-refractivity contribution in [1.29, 1.82) is 0 Å². The molecule has 0 radical (unpaired) electrons. The molecule has 208 valence electrons. The molecule has 2 atom stereocenters. The first-order valence-electron chi connectivity index (χ1n) is 12.0. The van der Waals surface area contributed by atoms with Gasteiger partial charge in [0.05, 0.1) is 23.4 Å². The second kappa shape index (κ2) is 11.7. The zero-order valence-electron chi connectivity index (χ0n) is 20.7. The number of urea groups is 1. The van der Waals surface area contributed by atoms with Crippen molar-refractivity contribution in [3.8, 4) is 5.75 Å². The topological polar surface area (TPSA) is 72.5 Å². The van der Waals surface area contributed by atoms with Crippen LogP contribution in [-0.2, 0) is 16.7 Å². The standard InChI is InChI=1S/C27H25ClF5N3O3/c1-16-2-4-17(5-3-16)13-26(23-7-6-19(28)14-34-23,36-25(37)35-21-8-9-38-15-21)18-10-20(29)12-22(11-18)39-27(32,33)24(30)31/h2-7,10-12,14,21,24H,8-9,13,15H2,1H3,(H2,35,36,37)/t21-,26+/m1/s1. The van der Waals surface area contributed by atoms with E-state index in [1.165, 1.54) is 18.3 Å². The highest BCUT2D eigenvalue weighted by molar-refractivity contribution is 6.30. The third-order valence-corrected chi connectivity index (χ3v) is 6.44. The zero-order chi connectivity index (χ0) is 28.2. The lowest BCUT2D eigenvalue weighted by Gasteiger charge is -2.36. The van der Waals surface area contributed by atoms with Crippen LogP contribution >= 0.6 is 11.6 Å². The van der Waals surface area contributed by atoms with Gasteiger partial charge in [0.1, 0.15) is 17.1 Å². The van der Waals surface area contributed by atoms with Crippen LogP contribution in [-0.4, -0.2) is 42.8 Å². The van der Waals surface area contributed by atoms with Crippen LogP contribution in [0.25, 0.3) is 0 Å². The van der Waals surface area contributed by atoms with E-state index in [9.17, 15) is 26.7 Å². The molecule has 2 heterocycles. The van der Waals surface area contributed by atoms with Crippen molar-refractivity contribution < 1.29 is 36.2 Å². The molecule has 1 fully saturated rings. The van der Waals surface area contributed by atoms with Crippen LogP contribution in [0.1, 0.15) is 28.8 Å². The summed E-state index contributed by atoms with van der Waals surface area (Å²) in [5.41, 5.74) is 0.0605. The Morgan fingerprint density at radius 1 is 1.18 bits per heavy atom. The number of rotatable bonds is 9. The molecular formula is C27H25ClF5N3O3. The minimum atomic E-state index is -4.88. The number of carbonyl (C=O) groups is 1. The molecule has 0 saturated carbocycles. The molecule has 39 heavy (non-hydrogen) atoms. The maximum Gasteiger partial charge on any atom is 0.461 e. The molecule has 2 aromatic carbocycles. The fourth-order valence-electron chi connectivity index (χ4n) is 4.29. The summed E-state index contributed by atoms with van der Waals surface area (Å²) in [6.45, 7) is 2.63. The first kappa shape index (κ1) is 28.6. The lowest BCUT2D eigenvalue weighted by atomic mass is 9.80. The number of ether oxygens (including phenoxy) is 2. The molecule has 12 heteroatoms. The van der Waals surface area contributed by atoms with Crippen LogP contribution in [0.5, 0.6) is 5.75 Å². The second-order valence-corrected chi connectivity index (χ2v) is 9.66. The quantitative estimate of drug-likeness (QED) is 0.310. The van der Waals surface area contributed by atoms with Gasteiger partial charge in [-0.1, -0.05) is 41.4 Å². The summed E-state index contributed by atoms with van der Waals surface area (Å²) in [5, 5.41) is 5.91. The van der Waals surface area contributed by atoms with Crippen LogP contribution in [0.2, 0.25) is 5.02 Å². The Kier molecular flexibility index (Phi) is 8.60. The molecule has 2 N–H and O–H groups in total. The number of benzene rings is 2. The van der Waals surface area contributed by atoms with Crippen LogP contribution < -0.4 is 15.4 Å². The molecule has 1 aliphatic rings. The average molecular weight is 570 g/mol. The third kappa shape index (κ3) is 6.96. The maximum absolute atomic E-state index is 14.9. The SMILES string of the molecule is Cc1ccc(C[C@](NC(=O)N[C@@H]2CCOC2)(c2cc(F)cc(OC(F)(F)C(F)F)c2)c2ccc(Cl)cn2)cc1. The summed E-state index contributed by atoms with van der Waals surface area (Å²) in [4.78, 5) is 17.6. The minimum absolute atomic E-state index is 0.0232. The first-order valence-corrected chi connectivity index (χ1v) is 12.3. The zero-order valence-corrected chi connectivity index (χ0v) is 21.5. The summed E-state index contributed by atoms with van der Waals surface area (Å²) >= 11 is 6.05. The number of nitrogens with one attached hydrogen (secondary N) is 2. The summed E-state index contributed by atoms with van der Waals surface area (Å²) in [5.74, 6) is -1.91. The molecule has 0 aliphatic carbocycles. The van der Waals surface area contributed by atoms with Crippen molar-refractivity contribution in [2.24, 2.45) is 0 Å². The number of hydrogen-bond donors (Lipinski definition) is 2. The number of hydrogen-bond acceptors (Lipinski definition) is 4. The number of nitrogens with zero attached hydrogens (tertiary/aromatic N) is 1. The molecule has 4 rings (SSSR count). The first-order chi connectivity index (χ1) is 18.5. The van der Waals surface area contributed by atoms with E-state index in [2.05, 4.69) is 20.4 Å². The Labute approximate surface area is 226 Å². The molecule has 3 aromatic rings. The summed E-state index contributed by atoms with van der Waals surface area (Å²) < 4.78 is 77.6. The number of amides is 2. The molecule has 2 amide bonds. The molecular weight excluding hydrogens is 545 g/mol. The lowest BCUT2D eigenvalue weighted by Crippen LogP contribution is -2.54. The maximum atomic E-state index is 14.9. The van der Waals surface area contributed by atoms with E-state index in [0.29, 0.717) is 24.7 Å². The van der Waals surface area contributed by atoms with Gasteiger partial charge < -0.3 is 20.1 Å². The van der Waals surface area contributed by atoms with Gasteiger partial charge in [0.25, 0.3) is 0 Å². The van der Waals surface area contributed by atoms with Crippen molar-refractivity contribution in [1.82, 2.24) is 15.6 Å². The van der Waals surface area contributed by atoms with E-state index < -0.39 is 35.7 Å². The fourth-order valence-corrected chi connectivity index (χ4v) is 4.41. The van der Waals surface area contributed by atoms with Crippen molar-refractivity contribution in [2.45, 2.75) is 43.9 Å². The van der Waals surface area contributed by atoms with Gasteiger partial charge in [-0.3, -0.25) is 4.98 Å². The Morgan fingerprint density at radius 3 is 2.54 bits per heavy atom. The molecule has 1 aromatic heterocycles. The summed E-state index contributed by atoms with van der Waals surface area (Å²) in [7, 11) is 0. The van der Waals surface area contributed by atoms with Gasteiger partial charge in [-0.15, -0.1) is 0 Å². The number of aryl methyl sites for hydroxylation is 1. The number of aromatic nitrogens is 1. The highest BCUT2D eigenvalue weighted by Crippen LogP contribution is 2.37. The molecule has 6 nitrogen and oxygen atoms in total. The van der Waals surface area contributed by atoms with Crippen molar-refractivity contribution >= 4 is 17.6 Å². The van der Waals surface area contributed by atoms with Gasteiger partial charge in [0.15, 0.2) is 0 Å².